The van der Waals surface area contributed by atoms with Crippen LogP contribution in [-0.4, -0.2) is 46.9 Å². The number of rotatable bonds is 5. The van der Waals surface area contributed by atoms with Crippen molar-refractivity contribution in [2.24, 2.45) is 0 Å². The van der Waals surface area contributed by atoms with Gasteiger partial charge in [0.05, 0.1) is 12.2 Å². The lowest BCUT2D eigenvalue weighted by Gasteiger charge is -2.09. The number of carbonyl (C=O) groups excluding carboxylic acids is 2. The zero-order valence-corrected chi connectivity index (χ0v) is 15.3. The van der Waals surface area contributed by atoms with Crippen molar-refractivity contribution in [3.63, 3.8) is 0 Å². The summed E-state index contributed by atoms with van der Waals surface area (Å²) < 4.78 is 3.84. The van der Waals surface area contributed by atoms with Gasteiger partial charge in [0.15, 0.2) is 0 Å². The number of amides is 2. The van der Waals surface area contributed by atoms with Crippen LogP contribution >= 0.6 is 11.5 Å². The smallest absolute Gasteiger partial charge is 0.265 e. The van der Waals surface area contributed by atoms with Gasteiger partial charge in [-0.25, -0.2) is 0 Å². The van der Waals surface area contributed by atoms with Gasteiger partial charge in [-0.15, -0.1) is 5.10 Å². The lowest BCUT2D eigenvalue weighted by atomic mass is 10.1. The Balaban J connectivity index is 1.91. The van der Waals surface area contributed by atoms with Crippen molar-refractivity contribution < 1.29 is 9.59 Å². The molecule has 0 bridgehead atoms. The predicted octanol–water partition coefficient (Wildman–Crippen LogP) is 1.97. The molecule has 2 aromatic rings. The Kier molecular flexibility index (Phi) is 6.66. The van der Waals surface area contributed by atoms with Crippen LogP contribution in [0.25, 0.3) is 0 Å². The van der Waals surface area contributed by atoms with Gasteiger partial charge in [0.1, 0.15) is 4.88 Å². The molecule has 1 aromatic carbocycles. The van der Waals surface area contributed by atoms with Crippen LogP contribution in [0.15, 0.2) is 24.3 Å². The molecule has 0 aliphatic heterocycles. The third-order valence-corrected chi connectivity index (χ3v) is 4.12. The Labute approximate surface area is 151 Å². The molecule has 0 aliphatic rings. The minimum Gasteiger partial charge on any atom is -0.345 e. The fourth-order valence-electron chi connectivity index (χ4n) is 2.09. The molecule has 2 rings (SSSR count). The number of aromatic nitrogens is 2. The minimum atomic E-state index is -0.195. The summed E-state index contributed by atoms with van der Waals surface area (Å²) >= 11 is 1.10. The van der Waals surface area contributed by atoms with Crippen LogP contribution in [0.3, 0.4) is 0 Å². The molecule has 6 nitrogen and oxygen atoms in total. The van der Waals surface area contributed by atoms with Crippen molar-refractivity contribution in [1.29, 1.82) is 0 Å². The molecule has 0 spiro atoms. The normalized spacial score (nSPS) is 9.88. The molecule has 25 heavy (non-hydrogen) atoms. The second-order valence-corrected chi connectivity index (χ2v) is 6.31. The van der Waals surface area contributed by atoms with Crippen LogP contribution < -0.4 is 5.32 Å². The van der Waals surface area contributed by atoms with E-state index in [1.54, 1.807) is 38.4 Å². The minimum absolute atomic E-state index is 0.0483. The molecule has 0 fully saturated rings. The number of nitrogens with one attached hydrogen (secondary N) is 1. The highest BCUT2D eigenvalue weighted by molar-refractivity contribution is 7.08. The van der Waals surface area contributed by atoms with Gasteiger partial charge in [-0.2, -0.15) is 0 Å². The Hall–Kier alpha value is -2.72. The van der Waals surface area contributed by atoms with Gasteiger partial charge in [0, 0.05) is 25.2 Å². The first-order valence-electron chi connectivity index (χ1n) is 7.93. The van der Waals surface area contributed by atoms with Crippen LogP contribution in [0.1, 0.15) is 44.6 Å². The predicted molar refractivity (Wildman–Crippen MR) is 97.6 cm³/mol. The lowest BCUT2D eigenvalue weighted by molar-refractivity contribution is 0.0827. The Morgan fingerprint density at radius 1 is 1.24 bits per heavy atom. The maximum Gasteiger partial charge on any atom is 0.265 e. The third-order valence-electron chi connectivity index (χ3n) is 3.36. The fourth-order valence-corrected chi connectivity index (χ4v) is 2.71. The number of aryl methyl sites for hydroxylation is 1. The summed E-state index contributed by atoms with van der Waals surface area (Å²) in [6, 6.07) is 7.06. The Morgan fingerprint density at radius 2 is 1.96 bits per heavy atom. The van der Waals surface area contributed by atoms with E-state index < -0.39 is 0 Å². The highest BCUT2D eigenvalue weighted by Crippen LogP contribution is 2.12. The molecule has 2 amide bonds. The third kappa shape index (κ3) is 5.13. The molecule has 0 atom stereocenters. The van der Waals surface area contributed by atoms with Crippen molar-refractivity contribution in [2.45, 2.75) is 19.8 Å². The van der Waals surface area contributed by atoms with E-state index in [0.29, 0.717) is 10.4 Å². The van der Waals surface area contributed by atoms with Crippen LogP contribution in [0.4, 0.5) is 0 Å². The molecule has 1 N–H and O–H groups in total. The van der Waals surface area contributed by atoms with E-state index in [4.69, 9.17) is 0 Å². The van der Waals surface area contributed by atoms with Gasteiger partial charge in [-0.3, -0.25) is 9.59 Å². The van der Waals surface area contributed by atoms with Crippen molar-refractivity contribution in [1.82, 2.24) is 19.8 Å². The number of benzene rings is 1. The molecular formula is C18H20N4O2S. The monoisotopic (exact) mass is 356 g/mol. The van der Waals surface area contributed by atoms with E-state index in [1.807, 2.05) is 6.92 Å². The van der Waals surface area contributed by atoms with Gasteiger partial charge in [-0.1, -0.05) is 29.7 Å². The van der Waals surface area contributed by atoms with Crippen molar-refractivity contribution in [3.05, 3.63) is 46.0 Å². The van der Waals surface area contributed by atoms with Gasteiger partial charge in [-0.05, 0) is 42.2 Å². The summed E-state index contributed by atoms with van der Waals surface area (Å²) in [5.74, 6) is 5.62. The summed E-state index contributed by atoms with van der Waals surface area (Å²) in [6.07, 6.45) is 1.65. The van der Waals surface area contributed by atoms with Gasteiger partial charge in [0.25, 0.3) is 11.8 Å². The average Bonchev–Trinajstić information content (AvgIpc) is 3.07. The van der Waals surface area contributed by atoms with Crippen LogP contribution in [0.2, 0.25) is 0 Å². The second kappa shape index (κ2) is 8.94. The number of carbonyl (C=O) groups is 2. The number of nitrogens with zero attached hydrogens (tertiary/aromatic N) is 3. The summed E-state index contributed by atoms with van der Waals surface area (Å²) in [5.41, 5.74) is 2.14. The highest BCUT2D eigenvalue weighted by Gasteiger charge is 2.14. The maximum atomic E-state index is 12.1. The van der Waals surface area contributed by atoms with E-state index in [9.17, 15) is 9.59 Å². The zero-order valence-electron chi connectivity index (χ0n) is 14.5. The van der Waals surface area contributed by atoms with Crippen LogP contribution in [-0.2, 0) is 6.42 Å². The molecule has 1 aromatic heterocycles. The van der Waals surface area contributed by atoms with E-state index in [1.165, 1.54) is 4.90 Å². The first kappa shape index (κ1) is 18.6. The molecule has 0 unspecified atom stereocenters. The van der Waals surface area contributed by atoms with Crippen LogP contribution in [0.5, 0.6) is 0 Å². The first-order chi connectivity index (χ1) is 12.0. The van der Waals surface area contributed by atoms with E-state index in [-0.39, 0.29) is 18.4 Å². The quantitative estimate of drug-likeness (QED) is 0.831. The molecule has 0 aliphatic carbocycles. The Bertz CT molecular complexity index is 800. The fraction of sp³-hybridized carbons (Fsp3) is 0.333. The maximum absolute atomic E-state index is 12.1. The highest BCUT2D eigenvalue weighted by atomic mass is 32.1. The van der Waals surface area contributed by atoms with E-state index in [2.05, 4.69) is 26.7 Å². The summed E-state index contributed by atoms with van der Waals surface area (Å²) in [5, 5.41) is 6.73. The van der Waals surface area contributed by atoms with E-state index >= 15 is 0 Å². The first-order valence-corrected chi connectivity index (χ1v) is 8.70. The number of hydrogen-bond acceptors (Lipinski definition) is 5. The van der Waals surface area contributed by atoms with Gasteiger partial charge in [0.2, 0.25) is 0 Å². The summed E-state index contributed by atoms with van der Waals surface area (Å²) in [6.45, 7) is 2.27. The van der Waals surface area contributed by atoms with Crippen LogP contribution in [0, 0.1) is 11.8 Å². The molecular weight excluding hydrogens is 336 g/mol. The molecule has 0 saturated carbocycles. The molecule has 1 heterocycles. The topological polar surface area (TPSA) is 75.2 Å². The van der Waals surface area contributed by atoms with Crippen molar-refractivity contribution in [3.8, 4) is 11.8 Å². The zero-order chi connectivity index (χ0) is 18.2. The number of hydrogen-bond donors (Lipinski definition) is 1. The standard InChI is InChI=1S/C18H20N4O2S/c1-4-6-15-16(25-21-20-15)17(23)19-12-5-7-13-8-10-14(11-9-13)18(24)22(2)3/h8-11H,4,6,12H2,1-3H3,(H,19,23). The Morgan fingerprint density at radius 3 is 2.60 bits per heavy atom. The van der Waals surface area contributed by atoms with E-state index in [0.717, 1.165) is 35.6 Å². The molecule has 0 radical (unpaired) electrons. The average molecular weight is 356 g/mol. The SMILES string of the molecule is CCCc1nnsc1C(=O)NCC#Cc1ccc(C(=O)N(C)C)cc1. The van der Waals surface area contributed by atoms with Crippen molar-refractivity contribution >= 4 is 23.3 Å². The van der Waals surface area contributed by atoms with Gasteiger partial charge < -0.3 is 10.2 Å². The van der Waals surface area contributed by atoms with Crippen molar-refractivity contribution in [2.75, 3.05) is 20.6 Å². The second-order valence-electron chi connectivity index (χ2n) is 5.56. The van der Waals surface area contributed by atoms with Gasteiger partial charge >= 0.3 is 0 Å². The molecule has 7 heteroatoms. The lowest BCUT2D eigenvalue weighted by Crippen LogP contribution is -2.23. The largest absolute Gasteiger partial charge is 0.345 e. The summed E-state index contributed by atoms with van der Waals surface area (Å²) in [7, 11) is 3.42. The molecule has 130 valence electrons. The molecule has 0 saturated heterocycles. The summed E-state index contributed by atoms with van der Waals surface area (Å²) in [4.78, 5) is 26.0.